The lowest BCUT2D eigenvalue weighted by molar-refractivity contribution is 0.809. The van der Waals surface area contributed by atoms with Gasteiger partial charge in [0, 0.05) is 34.8 Å². The van der Waals surface area contributed by atoms with E-state index in [0.717, 1.165) is 15.6 Å². The normalized spacial score (nSPS) is 10.6. The topological polar surface area (TPSA) is 108 Å². The molecule has 0 aliphatic carbocycles. The van der Waals surface area contributed by atoms with Crippen LogP contribution in [0.4, 0.5) is 0 Å². The van der Waals surface area contributed by atoms with E-state index in [1.807, 2.05) is 133 Å². The molecule has 8 aromatic rings. The van der Waals surface area contributed by atoms with E-state index < -0.39 is 0 Å². The molecule has 8 rings (SSSR count). The Morgan fingerprint density at radius 2 is 1.00 bits per heavy atom. The highest BCUT2D eigenvalue weighted by molar-refractivity contribution is 9.10. The molecular formula is C41H28BrN7O2. The van der Waals surface area contributed by atoms with Gasteiger partial charge >= 0.3 is 0 Å². The minimum Gasteiger partial charge on any atom is -0.267 e. The minimum atomic E-state index is -0.195. The number of rotatable bonds is 6. The van der Waals surface area contributed by atoms with Gasteiger partial charge in [-0.05, 0) is 88.2 Å². The third-order valence-corrected chi connectivity index (χ3v) is 8.49. The summed E-state index contributed by atoms with van der Waals surface area (Å²) in [5.41, 5.74) is 6.41. The molecule has 0 unspecified atom stereocenters. The van der Waals surface area contributed by atoms with Crippen LogP contribution in [0, 0.1) is 0 Å². The molecule has 0 aliphatic heterocycles. The highest BCUT2D eigenvalue weighted by Gasteiger charge is 2.16. The zero-order chi connectivity index (χ0) is 35.0. The fourth-order valence-corrected chi connectivity index (χ4v) is 5.81. The maximum Gasteiger partial charge on any atom is 0.279 e. The lowest BCUT2D eigenvalue weighted by atomic mass is 10.1. The fourth-order valence-electron chi connectivity index (χ4n) is 5.35. The molecule has 5 heterocycles. The van der Waals surface area contributed by atoms with Crippen molar-refractivity contribution in [2.24, 2.45) is 0 Å². The number of nitrogens with zero attached hydrogens (tertiary/aromatic N) is 7. The Morgan fingerprint density at radius 3 is 1.59 bits per heavy atom. The molecular weight excluding hydrogens is 702 g/mol. The van der Waals surface area contributed by atoms with Gasteiger partial charge in [-0.15, -0.1) is 0 Å². The average molecular weight is 731 g/mol. The highest BCUT2D eigenvalue weighted by atomic mass is 79.9. The van der Waals surface area contributed by atoms with Gasteiger partial charge < -0.3 is 0 Å². The van der Waals surface area contributed by atoms with Crippen LogP contribution in [0.5, 0.6) is 0 Å². The summed E-state index contributed by atoms with van der Waals surface area (Å²) in [5, 5.41) is 9.09. The summed E-state index contributed by atoms with van der Waals surface area (Å²) in [4.78, 5) is 39.0. The fraction of sp³-hybridized carbons (Fsp3) is 0. The van der Waals surface area contributed by atoms with Crippen molar-refractivity contribution in [3.8, 4) is 56.4 Å². The van der Waals surface area contributed by atoms with E-state index in [-0.39, 0.29) is 11.1 Å². The van der Waals surface area contributed by atoms with Crippen LogP contribution < -0.4 is 11.1 Å². The van der Waals surface area contributed by atoms with Crippen LogP contribution in [0.15, 0.2) is 184 Å². The summed E-state index contributed by atoms with van der Waals surface area (Å²) in [6.45, 7) is 0. The van der Waals surface area contributed by atoms with Gasteiger partial charge in [-0.25, -0.2) is 0 Å². The van der Waals surface area contributed by atoms with E-state index in [4.69, 9.17) is 0 Å². The van der Waals surface area contributed by atoms with Crippen LogP contribution in [0.1, 0.15) is 0 Å². The first-order valence-electron chi connectivity index (χ1n) is 15.9. The summed E-state index contributed by atoms with van der Waals surface area (Å²) in [7, 11) is 0. The molecule has 246 valence electrons. The molecule has 9 nitrogen and oxygen atoms in total. The number of para-hydroxylation sites is 2. The summed E-state index contributed by atoms with van der Waals surface area (Å²) >= 11 is 3.51. The monoisotopic (exact) mass is 729 g/mol. The number of pyridine rings is 3. The Morgan fingerprint density at radius 1 is 0.471 bits per heavy atom. The maximum atomic E-state index is 13.2. The zero-order valence-electron chi connectivity index (χ0n) is 27.0. The van der Waals surface area contributed by atoms with Crippen molar-refractivity contribution in [2.45, 2.75) is 0 Å². The van der Waals surface area contributed by atoms with E-state index in [1.54, 1.807) is 36.9 Å². The third-order valence-electron chi connectivity index (χ3n) is 7.82. The molecule has 0 radical (unpaired) electrons. The van der Waals surface area contributed by atoms with E-state index in [1.165, 1.54) is 9.36 Å². The van der Waals surface area contributed by atoms with Crippen molar-refractivity contribution < 1.29 is 0 Å². The van der Waals surface area contributed by atoms with Gasteiger partial charge in [0.25, 0.3) is 11.1 Å². The molecule has 5 aromatic heterocycles. The van der Waals surface area contributed by atoms with Crippen LogP contribution in [0.3, 0.4) is 0 Å². The number of benzene rings is 3. The Hall–Kier alpha value is -6.65. The Balaban J connectivity index is 0.000000159. The van der Waals surface area contributed by atoms with Gasteiger partial charge in [0.2, 0.25) is 0 Å². The minimum absolute atomic E-state index is 0.178. The molecule has 0 fully saturated rings. The van der Waals surface area contributed by atoms with Crippen molar-refractivity contribution in [3.05, 3.63) is 196 Å². The average Bonchev–Trinajstić information content (AvgIpc) is 3.20. The van der Waals surface area contributed by atoms with Gasteiger partial charge in [-0.3, -0.25) is 24.5 Å². The van der Waals surface area contributed by atoms with Crippen molar-refractivity contribution in [1.82, 2.24) is 34.5 Å². The molecule has 0 saturated carbocycles. The van der Waals surface area contributed by atoms with Crippen LogP contribution in [-0.2, 0) is 0 Å². The molecule has 0 N–H and O–H groups in total. The predicted molar refractivity (Wildman–Crippen MR) is 202 cm³/mol. The molecule has 0 saturated heterocycles. The molecule has 0 atom stereocenters. The summed E-state index contributed by atoms with van der Waals surface area (Å²) < 4.78 is 3.63. The second-order valence-corrected chi connectivity index (χ2v) is 12.0. The third kappa shape index (κ3) is 7.36. The van der Waals surface area contributed by atoms with Crippen molar-refractivity contribution in [2.75, 3.05) is 0 Å². The second kappa shape index (κ2) is 15.3. The Labute approximate surface area is 301 Å². The van der Waals surface area contributed by atoms with Crippen LogP contribution in [0.25, 0.3) is 56.4 Å². The maximum absolute atomic E-state index is 13.2. The van der Waals surface area contributed by atoms with Crippen LogP contribution in [-0.4, -0.2) is 34.5 Å². The second-order valence-electron chi connectivity index (χ2n) is 11.1. The number of hydrogen-bond acceptors (Lipinski definition) is 7. The zero-order valence-corrected chi connectivity index (χ0v) is 28.6. The standard InChI is InChI=1S/C21H14BrN3O.C20H14N4O/c22-17-10-4-5-12-20(17)25-21(26)16(15-8-2-1-3-9-15)14-19(24-25)18-11-6-7-13-23-18;25-20-17(15-7-6-11-21-14-15)13-19(18-10-4-5-12-22-18)23-24(20)16-8-2-1-3-9-16/h1-14H;1-14H. The number of aromatic nitrogens is 7. The molecule has 10 heteroatoms. The Bertz CT molecular complexity index is 2450. The van der Waals surface area contributed by atoms with E-state index in [9.17, 15) is 9.59 Å². The molecule has 0 spiro atoms. The summed E-state index contributed by atoms with van der Waals surface area (Å²) in [6, 6.07) is 45.0. The summed E-state index contributed by atoms with van der Waals surface area (Å²) in [5.74, 6) is 0. The molecule has 0 aliphatic rings. The Kier molecular flexibility index (Phi) is 9.84. The smallest absolute Gasteiger partial charge is 0.267 e. The molecule has 51 heavy (non-hydrogen) atoms. The van der Waals surface area contributed by atoms with Gasteiger partial charge in [0.1, 0.15) is 11.4 Å². The van der Waals surface area contributed by atoms with Gasteiger partial charge in [0.05, 0.1) is 33.9 Å². The SMILES string of the molecule is O=c1c(-c2ccccc2)cc(-c2ccccn2)nn1-c1ccccc1Br.O=c1c(-c2cccnc2)cc(-c2ccccn2)nn1-c1ccccc1. The molecule has 3 aromatic carbocycles. The van der Waals surface area contributed by atoms with E-state index in [2.05, 4.69) is 41.1 Å². The quantitative estimate of drug-likeness (QED) is 0.170. The number of halogens is 1. The van der Waals surface area contributed by atoms with E-state index >= 15 is 0 Å². The van der Waals surface area contributed by atoms with Crippen LogP contribution >= 0.6 is 15.9 Å². The summed E-state index contributed by atoms with van der Waals surface area (Å²) in [6.07, 6.45) is 6.78. The first kappa shape index (κ1) is 32.9. The molecule has 0 bridgehead atoms. The first-order valence-corrected chi connectivity index (χ1v) is 16.7. The number of hydrogen-bond donors (Lipinski definition) is 0. The molecule has 0 amide bonds. The van der Waals surface area contributed by atoms with Crippen molar-refractivity contribution in [1.29, 1.82) is 0 Å². The van der Waals surface area contributed by atoms with Crippen LogP contribution in [0.2, 0.25) is 0 Å². The van der Waals surface area contributed by atoms with Gasteiger partial charge in [-0.1, -0.05) is 78.9 Å². The lowest BCUT2D eigenvalue weighted by Crippen LogP contribution is -2.23. The highest BCUT2D eigenvalue weighted by Crippen LogP contribution is 2.25. The lowest BCUT2D eigenvalue weighted by Gasteiger charge is -2.12. The van der Waals surface area contributed by atoms with E-state index in [0.29, 0.717) is 45.3 Å². The van der Waals surface area contributed by atoms with Gasteiger partial charge in [0.15, 0.2) is 0 Å². The largest absolute Gasteiger partial charge is 0.279 e. The first-order chi connectivity index (χ1) is 25.1. The van der Waals surface area contributed by atoms with Gasteiger partial charge in [-0.2, -0.15) is 19.6 Å². The predicted octanol–water partition coefficient (Wildman–Crippen LogP) is 8.08. The van der Waals surface area contributed by atoms with Crippen molar-refractivity contribution in [3.63, 3.8) is 0 Å². The van der Waals surface area contributed by atoms with Crippen molar-refractivity contribution >= 4 is 15.9 Å².